The van der Waals surface area contributed by atoms with Crippen molar-refractivity contribution < 1.29 is 4.74 Å². The van der Waals surface area contributed by atoms with E-state index in [1.165, 1.54) is 4.68 Å². The lowest BCUT2D eigenvalue weighted by Crippen LogP contribution is -2.48. The molecule has 0 atom stereocenters. The summed E-state index contributed by atoms with van der Waals surface area (Å²) in [5, 5.41) is 4.16. The van der Waals surface area contributed by atoms with E-state index in [-0.39, 0.29) is 11.2 Å². The summed E-state index contributed by atoms with van der Waals surface area (Å²) in [5.74, 6) is 0.608. The van der Waals surface area contributed by atoms with Crippen molar-refractivity contribution in [1.29, 1.82) is 0 Å². The van der Waals surface area contributed by atoms with E-state index < -0.39 is 0 Å². The molecule has 2 heterocycles. The smallest absolute Gasteiger partial charge is 0.268 e. The largest absolute Gasteiger partial charge is 0.372 e. The van der Waals surface area contributed by atoms with Crippen LogP contribution in [0.3, 0.4) is 0 Å². The minimum absolute atomic E-state index is 0.0779. The molecule has 0 aromatic carbocycles. The summed E-state index contributed by atoms with van der Waals surface area (Å²) in [6.07, 6.45) is 1.74. The summed E-state index contributed by atoms with van der Waals surface area (Å²) in [4.78, 5) is 14.0. The van der Waals surface area contributed by atoms with Crippen LogP contribution in [0.25, 0.3) is 0 Å². The van der Waals surface area contributed by atoms with Gasteiger partial charge in [0.15, 0.2) is 0 Å². The molecular formula is C12H19N3O2S. The predicted molar refractivity (Wildman–Crippen MR) is 74.6 cm³/mol. The molecule has 0 saturated carbocycles. The van der Waals surface area contributed by atoms with Crippen molar-refractivity contribution >= 4 is 18.3 Å². The van der Waals surface area contributed by atoms with Gasteiger partial charge in [0.2, 0.25) is 0 Å². The maximum Gasteiger partial charge on any atom is 0.268 e. The first-order valence-electron chi connectivity index (χ1n) is 6.09. The minimum Gasteiger partial charge on any atom is -0.372 e. The van der Waals surface area contributed by atoms with Gasteiger partial charge < -0.3 is 9.64 Å². The van der Waals surface area contributed by atoms with Gasteiger partial charge in [0.25, 0.3) is 5.56 Å². The SMILES string of the molecule is CC1(C)CN(c2cnn(CCS)c(=O)c2)CCO1. The van der Waals surface area contributed by atoms with Crippen molar-refractivity contribution in [3.63, 3.8) is 0 Å². The van der Waals surface area contributed by atoms with Gasteiger partial charge in [-0.05, 0) is 13.8 Å². The second-order valence-electron chi connectivity index (χ2n) is 5.03. The lowest BCUT2D eigenvalue weighted by atomic mass is 10.1. The summed E-state index contributed by atoms with van der Waals surface area (Å²) in [6, 6.07) is 1.64. The van der Waals surface area contributed by atoms with Crippen LogP contribution in [0.15, 0.2) is 17.1 Å². The average molecular weight is 269 g/mol. The number of rotatable bonds is 3. The molecule has 1 aliphatic heterocycles. The number of thiol groups is 1. The monoisotopic (exact) mass is 269 g/mol. The Labute approximate surface area is 112 Å². The number of morpholine rings is 1. The first kappa shape index (κ1) is 13.4. The van der Waals surface area contributed by atoms with Crippen molar-refractivity contribution in [2.75, 3.05) is 30.3 Å². The average Bonchev–Trinajstić information content (AvgIpc) is 2.30. The molecule has 6 heteroatoms. The zero-order valence-electron chi connectivity index (χ0n) is 10.8. The number of anilines is 1. The van der Waals surface area contributed by atoms with E-state index >= 15 is 0 Å². The highest BCUT2D eigenvalue weighted by atomic mass is 32.1. The highest BCUT2D eigenvalue weighted by molar-refractivity contribution is 7.80. The maximum atomic E-state index is 11.8. The van der Waals surface area contributed by atoms with Gasteiger partial charge in [-0.25, -0.2) is 4.68 Å². The Kier molecular flexibility index (Phi) is 3.97. The molecule has 1 aromatic heterocycles. The molecule has 1 aliphatic rings. The molecule has 0 bridgehead atoms. The molecule has 0 aliphatic carbocycles. The molecule has 100 valence electrons. The zero-order valence-corrected chi connectivity index (χ0v) is 11.7. The Hall–Kier alpha value is -1.01. The number of nitrogens with zero attached hydrogens (tertiary/aromatic N) is 3. The molecule has 0 amide bonds. The van der Waals surface area contributed by atoms with Crippen LogP contribution in [-0.4, -0.2) is 40.8 Å². The first-order chi connectivity index (χ1) is 8.52. The lowest BCUT2D eigenvalue weighted by molar-refractivity contribution is -0.0277. The van der Waals surface area contributed by atoms with Gasteiger partial charge in [-0.1, -0.05) is 0 Å². The highest BCUT2D eigenvalue weighted by Gasteiger charge is 2.27. The quantitative estimate of drug-likeness (QED) is 0.824. The van der Waals surface area contributed by atoms with Crippen LogP contribution in [0, 0.1) is 0 Å². The van der Waals surface area contributed by atoms with Gasteiger partial charge in [-0.2, -0.15) is 17.7 Å². The van der Waals surface area contributed by atoms with Crippen LogP contribution in [-0.2, 0) is 11.3 Å². The second kappa shape index (κ2) is 5.32. The van der Waals surface area contributed by atoms with E-state index in [0.717, 1.165) is 18.8 Å². The molecule has 1 fully saturated rings. The summed E-state index contributed by atoms with van der Waals surface area (Å²) >= 11 is 4.10. The van der Waals surface area contributed by atoms with E-state index in [9.17, 15) is 4.79 Å². The van der Waals surface area contributed by atoms with E-state index in [1.54, 1.807) is 12.3 Å². The van der Waals surface area contributed by atoms with Crippen molar-refractivity contribution in [2.45, 2.75) is 26.0 Å². The maximum absolute atomic E-state index is 11.8. The van der Waals surface area contributed by atoms with E-state index in [2.05, 4.69) is 36.5 Å². The Morgan fingerprint density at radius 1 is 1.56 bits per heavy atom. The minimum atomic E-state index is -0.182. The molecule has 0 spiro atoms. The summed E-state index contributed by atoms with van der Waals surface area (Å²) in [7, 11) is 0. The molecule has 0 radical (unpaired) electrons. The third-order valence-electron chi connectivity index (χ3n) is 2.96. The third kappa shape index (κ3) is 3.05. The fourth-order valence-electron chi connectivity index (χ4n) is 2.10. The number of hydrogen-bond donors (Lipinski definition) is 1. The van der Waals surface area contributed by atoms with Gasteiger partial charge in [0.1, 0.15) is 0 Å². The van der Waals surface area contributed by atoms with Crippen LogP contribution >= 0.6 is 12.6 Å². The molecule has 18 heavy (non-hydrogen) atoms. The highest BCUT2D eigenvalue weighted by Crippen LogP contribution is 2.21. The standard InChI is InChI=1S/C12H19N3O2S/c1-12(2)9-14(3-5-17-12)10-7-11(16)15(4-6-18)13-8-10/h7-8,18H,3-6,9H2,1-2H3. The zero-order chi connectivity index (χ0) is 13.2. The third-order valence-corrected chi connectivity index (χ3v) is 3.16. The van der Waals surface area contributed by atoms with Crippen molar-refractivity contribution in [3.8, 4) is 0 Å². The fourth-order valence-corrected chi connectivity index (χ4v) is 2.29. The Balaban J connectivity index is 2.19. The summed E-state index contributed by atoms with van der Waals surface area (Å²) < 4.78 is 7.09. The van der Waals surface area contributed by atoms with Gasteiger partial charge in [-0.3, -0.25) is 4.79 Å². The van der Waals surface area contributed by atoms with Crippen LogP contribution in [0.5, 0.6) is 0 Å². The molecule has 1 saturated heterocycles. The summed E-state index contributed by atoms with van der Waals surface area (Å²) in [5.41, 5.74) is 0.607. The Morgan fingerprint density at radius 3 is 2.94 bits per heavy atom. The van der Waals surface area contributed by atoms with E-state index in [4.69, 9.17) is 4.74 Å². The molecule has 0 unspecified atom stereocenters. The predicted octanol–water partition coefficient (Wildman–Crippen LogP) is 0.788. The Morgan fingerprint density at radius 2 is 2.33 bits per heavy atom. The van der Waals surface area contributed by atoms with Gasteiger partial charge >= 0.3 is 0 Å². The normalized spacial score (nSPS) is 18.9. The van der Waals surface area contributed by atoms with Crippen LogP contribution in [0.2, 0.25) is 0 Å². The fraction of sp³-hybridized carbons (Fsp3) is 0.667. The van der Waals surface area contributed by atoms with Crippen LogP contribution in [0.4, 0.5) is 5.69 Å². The van der Waals surface area contributed by atoms with Crippen LogP contribution in [0.1, 0.15) is 13.8 Å². The molecule has 2 rings (SSSR count). The van der Waals surface area contributed by atoms with Gasteiger partial charge in [-0.15, -0.1) is 0 Å². The second-order valence-corrected chi connectivity index (χ2v) is 5.48. The first-order valence-corrected chi connectivity index (χ1v) is 6.72. The number of ether oxygens (including phenoxy) is 1. The van der Waals surface area contributed by atoms with Gasteiger partial charge in [0, 0.05) is 24.9 Å². The lowest BCUT2D eigenvalue weighted by Gasteiger charge is -2.39. The number of aryl methyl sites for hydroxylation is 1. The topological polar surface area (TPSA) is 47.4 Å². The Bertz CT molecular complexity index is 473. The molecular weight excluding hydrogens is 250 g/mol. The van der Waals surface area contributed by atoms with Gasteiger partial charge in [0.05, 0.1) is 30.6 Å². The van der Waals surface area contributed by atoms with Crippen molar-refractivity contribution in [3.05, 3.63) is 22.6 Å². The van der Waals surface area contributed by atoms with E-state index in [0.29, 0.717) is 18.9 Å². The van der Waals surface area contributed by atoms with Crippen molar-refractivity contribution in [1.82, 2.24) is 9.78 Å². The van der Waals surface area contributed by atoms with E-state index in [1.807, 2.05) is 0 Å². The number of aromatic nitrogens is 2. The molecule has 5 nitrogen and oxygen atoms in total. The van der Waals surface area contributed by atoms with Crippen molar-refractivity contribution in [2.24, 2.45) is 0 Å². The molecule has 1 aromatic rings. The summed E-state index contributed by atoms with van der Waals surface area (Å²) in [6.45, 7) is 6.87. The van der Waals surface area contributed by atoms with Crippen LogP contribution < -0.4 is 10.5 Å². The molecule has 0 N–H and O–H groups in total. The number of hydrogen-bond acceptors (Lipinski definition) is 5.